The lowest BCUT2D eigenvalue weighted by Gasteiger charge is -2.29. The van der Waals surface area contributed by atoms with Gasteiger partial charge in [-0.3, -0.25) is 9.63 Å². The normalized spacial score (nSPS) is 20.3. The summed E-state index contributed by atoms with van der Waals surface area (Å²) in [5, 5.41) is 2.90. The van der Waals surface area contributed by atoms with Gasteiger partial charge in [-0.2, -0.15) is 0 Å². The molecule has 1 fully saturated rings. The topological polar surface area (TPSA) is 102 Å². The van der Waals surface area contributed by atoms with Crippen LogP contribution in [0.3, 0.4) is 0 Å². The van der Waals surface area contributed by atoms with Crippen LogP contribution in [0.4, 0.5) is 0 Å². The maximum absolute atomic E-state index is 12.2. The molecule has 2 rings (SSSR count). The van der Waals surface area contributed by atoms with Crippen LogP contribution in [0.5, 0.6) is 0 Å². The molecule has 1 aromatic carbocycles. The van der Waals surface area contributed by atoms with Crippen molar-refractivity contribution in [1.82, 2.24) is 9.79 Å². The van der Waals surface area contributed by atoms with Gasteiger partial charge in [0.2, 0.25) is 0 Å². The third-order valence-corrected chi connectivity index (χ3v) is 6.43. The van der Waals surface area contributed by atoms with Crippen LogP contribution < -0.4 is 5.32 Å². The molecule has 0 spiro atoms. The molecule has 0 aliphatic heterocycles. The fraction of sp³-hybridized carbons (Fsp3) is 0.556. The van der Waals surface area contributed by atoms with Gasteiger partial charge in [-0.25, -0.2) is 13.2 Å². The third-order valence-electron chi connectivity index (χ3n) is 4.76. The Morgan fingerprint density at radius 3 is 2.63 bits per heavy atom. The highest BCUT2D eigenvalue weighted by Crippen LogP contribution is 2.23. The second kappa shape index (κ2) is 9.29. The molecule has 0 bridgehead atoms. The highest BCUT2D eigenvalue weighted by Gasteiger charge is 2.24. The van der Waals surface area contributed by atoms with E-state index in [2.05, 4.69) is 12.2 Å². The number of carbonyl (C=O) groups is 2. The van der Waals surface area contributed by atoms with E-state index in [9.17, 15) is 18.0 Å². The number of benzene rings is 1. The summed E-state index contributed by atoms with van der Waals surface area (Å²) in [6.07, 6.45) is 4.24. The van der Waals surface area contributed by atoms with Gasteiger partial charge in [-0.05, 0) is 37.0 Å². The Morgan fingerprint density at radius 1 is 1.26 bits per heavy atom. The fourth-order valence-electron chi connectivity index (χ4n) is 3.02. The largest absolute Gasteiger partial charge is 0.452 e. The Morgan fingerprint density at radius 2 is 1.96 bits per heavy atom. The Balaban J connectivity index is 1.96. The maximum atomic E-state index is 12.2. The van der Waals surface area contributed by atoms with Crippen LogP contribution >= 0.6 is 0 Å². The van der Waals surface area contributed by atoms with Crippen molar-refractivity contribution in [3.05, 3.63) is 29.8 Å². The van der Waals surface area contributed by atoms with Crippen LogP contribution in [0, 0.1) is 5.92 Å². The number of ether oxygens (including phenoxy) is 1. The van der Waals surface area contributed by atoms with Crippen LogP contribution in [0.25, 0.3) is 0 Å². The first-order valence-electron chi connectivity index (χ1n) is 8.85. The van der Waals surface area contributed by atoms with Gasteiger partial charge in [0.05, 0.1) is 17.6 Å². The number of esters is 1. The summed E-state index contributed by atoms with van der Waals surface area (Å²) in [6.45, 7) is 1.69. The molecule has 1 aromatic rings. The molecule has 150 valence electrons. The van der Waals surface area contributed by atoms with Crippen molar-refractivity contribution in [1.29, 1.82) is 0 Å². The van der Waals surface area contributed by atoms with E-state index < -0.39 is 22.6 Å². The quantitative estimate of drug-likeness (QED) is 0.554. The Kier molecular flexibility index (Phi) is 7.34. The lowest BCUT2D eigenvalue weighted by Crippen LogP contribution is -2.42. The highest BCUT2D eigenvalue weighted by atomic mass is 32.2. The molecule has 1 amide bonds. The van der Waals surface area contributed by atoms with Crippen molar-refractivity contribution >= 4 is 21.9 Å². The van der Waals surface area contributed by atoms with Gasteiger partial charge in [-0.1, -0.05) is 30.3 Å². The van der Waals surface area contributed by atoms with E-state index in [0.717, 1.165) is 19.3 Å². The fourth-order valence-corrected chi connectivity index (χ4v) is 4.04. The van der Waals surface area contributed by atoms with E-state index in [1.807, 2.05) is 0 Å². The molecule has 8 nitrogen and oxygen atoms in total. The molecule has 1 saturated carbocycles. The van der Waals surface area contributed by atoms with Crippen molar-refractivity contribution in [2.45, 2.75) is 43.5 Å². The van der Waals surface area contributed by atoms with Crippen molar-refractivity contribution in [2.24, 2.45) is 5.92 Å². The molecule has 0 radical (unpaired) electrons. The van der Waals surface area contributed by atoms with Gasteiger partial charge in [0.15, 0.2) is 6.61 Å². The minimum atomic E-state index is -3.88. The lowest BCUT2D eigenvalue weighted by atomic mass is 9.86. The van der Waals surface area contributed by atoms with Crippen molar-refractivity contribution < 1.29 is 27.6 Å². The minimum Gasteiger partial charge on any atom is -0.452 e. The van der Waals surface area contributed by atoms with Gasteiger partial charge in [-0.15, -0.1) is 0 Å². The molecule has 0 unspecified atom stereocenters. The summed E-state index contributed by atoms with van der Waals surface area (Å²) in [6, 6.07) is 5.49. The van der Waals surface area contributed by atoms with Gasteiger partial charge < -0.3 is 10.1 Å². The standard InChI is InChI=1S/C18H26N2O6S/c1-13-7-4-5-10-16(13)19-17(21)12-26-18(22)14-8-6-9-15(11-14)27(23,24)20(2)25-3/h6,8-9,11,13,16H,4-5,7,10,12H2,1-3H3,(H,19,21)/t13-,16+/m0/s1. The average molecular weight is 398 g/mol. The van der Waals surface area contributed by atoms with Crippen LogP contribution in [0.15, 0.2) is 29.2 Å². The first-order chi connectivity index (χ1) is 12.8. The molecule has 0 aromatic heterocycles. The number of amides is 1. The molecule has 27 heavy (non-hydrogen) atoms. The predicted octanol–water partition coefficient (Wildman–Crippen LogP) is 1.72. The average Bonchev–Trinajstić information content (AvgIpc) is 2.67. The number of rotatable bonds is 7. The summed E-state index contributed by atoms with van der Waals surface area (Å²) in [4.78, 5) is 28.8. The van der Waals surface area contributed by atoms with Gasteiger partial charge in [0, 0.05) is 13.1 Å². The van der Waals surface area contributed by atoms with Crippen molar-refractivity contribution in [2.75, 3.05) is 20.8 Å². The molecular weight excluding hydrogens is 372 g/mol. The summed E-state index contributed by atoms with van der Waals surface area (Å²) < 4.78 is 30.2. The first kappa shape index (κ1) is 21.3. The van der Waals surface area contributed by atoms with E-state index in [0.29, 0.717) is 10.4 Å². The van der Waals surface area contributed by atoms with E-state index in [4.69, 9.17) is 9.57 Å². The highest BCUT2D eigenvalue weighted by molar-refractivity contribution is 7.89. The molecule has 1 aliphatic rings. The number of hydroxylamine groups is 1. The first-order valence-corrected chi connectivity index (χ1v) is 10.3. The molecule has 0 heterocycles. The molecule has 2 atom stereocenters. The minimum absolute atomic E-state index is 0.0411. The van der Waals surface area contributed by atoms with Gasteiger partial charge in [0.1, 0.15) is 0 Å². The third kappa shape index (κ3) is 5.50. The number of sulfonamides is 1. The van der Waals surface area contributed by atoms with E-state index >= 15 is 0 Å². The number of nitrogens with zero attached hydrogens (tertiary/aromatic N) is 1. The molecule has 9 heteroatoms. The maximum Gasteiger partial charge on any atom is 0.338 e. The number of nitrogens with one attached hydrogen (secondary N) is 1. The molecule has 1 aliphatic carbocycles. The SMILES string of the molecule is CON(C)S(=O)(=O)c1cccc(C(=O)OCC(=O)N[C@@H]2CCCC[C@@H]2C)c1. The van der Waals surface area contributed by atoms with Crippen molar-refractivity contribution in [3.63, 3.8) is 0 Å². The zero-order valence-corrected chi connectivity index (χ0v) is 16.6. The monoisotopic (exact) mass is 398 g/mol. The molecule has 1 N–H and O–H groups in total. The van der Waals surface area contributed by atoms with Crippen LogP contribution in [-0.4, -0.2) is 51.6 Å². The Bertz CT molecular complexity index is 780. The predicted molar refractivity (Wildman–Crippen MR) is 98.2 cm³/mol. The van der Waals surface area contributed by atoms with Crippen LogP contribution in [0.2, 0.25) is 0 Å². The number of carbonyl (C=O) groups excluding carboxylic acids is 2. The molecular formula is C18H26N2O6S. The van der Waals surface area contributed by atoms with Crippen molar-refractivity contribution in [3.8, 4) is 0 Å². The van der Waals surface area contributed by atoms with E-state index in [1.165, 1.54) is 44.8 Å². The zero-order valence-electron chi connectivity index (χ0n) is 15.8. The second-order valence-electron chi connectivity index (χ2n) is 6.64. The summed E-state index contributed by atoms with van der Waals surface area (Å²) in [7, 11) is -1.41. The molecule has 0 saturated heterocycles. The summed E-state index contributed by atoms with van der Waals surface area (Å²) in [5.41, 5.74) is 0.0411. The Hall–Kier alpha value is -1.97. The lowest BCUT2D eigenvalue weighted by molar-refractivity contribution is -0.125. The number of hydrogen-bond donors (Lipinski definition) is 1. The Labute approximate surface area is 159 Å². The van der Waals surface area contributed by atoms with E-state index in [-0.39, 0.29) is 22.4 Å². The zero-order chi connectivity index (χ0) is 20.0. The van der Waals surface area contributed by atoms with Gasteiger partial charge in [0.25, 0.3) is 15.9 Å². The van der Waals surface area contributed by atoms with Gasteiger partial charge >= 0.3 is 5.97 Å². The van der Waals surface area contributed by atoms with Crippen LogP contribution in [0.1, 0.15) is 43.0 Å². The second-order valence-corrected chi connectivity index (χ2v) is 8.57. The van der Waals surface area contributed by atoms with Crippen LogP contribution in [-0.2, 0) is 24.4 Å². The number of hydrogen-bond acceptors (Lipinski definition) is 6. The summed E-state index contributed by atoms with van der Waals surface area (Å²) in [5.74, 6) is -0.720. The summed E-state index contributed by atoms with van der Waals surface area (Å²) >= 11 is 0. The smallest absolute Gasteiger partial charge is 0.338 e. The van der Waals surface area contributed by atoms with E-state index in [1.54, 1.807) is 0 Å².